The number of carbonyl (C=O) groups excluding carboxylic acids is 1. The van der Waals surface area contributed by atoms with Crippen LogP contribution in [-0.4, -0.2) is 45.2 Å². The molecule has 28 heavy (non-hydrogen) atoms. The van der Waals surface area contributed by atoms with E-state index in [0.29, 0.717) is 17.1 Å². The molecule has 1 atom stereocenters. The lowest BCUT2D eigenvalue weighted by Gasteiger charge is -2.36. The maximum atomic E-state index is 13.2. The molecule has 1 aliphatic rings. The summed E-state index contributed by atoms with van der Waals surface area (Å²) in [5, 5.41) is 8.51. The van der Waals surface area contributed by atoms with Crippen molar-refractivity contribution in [3.8, 4) is 5.69 Å². The summed E-state index contributed by atoms with van der Waals surface area (Å²) < 4.78 is 1.80. The maximum Gasteiger partial charge on any atom is 0.254 e. The molecule has 3 heterocycles. The van der Waals surface area contributed by atoms with Gasteiger partial charge in [-0.15, -0.1) is 0 Å². The molecule has 0 radical (unpaired) electrons. The summed E-state index contributed by atoms with van der Waals surface area (Å²) in [6.07, 6.45) is 3.57. The first-order valence-electron chi connectivity index (χ1n) is 9.30. The lowest BCUT2D eigenvalue weighted by molar-refractivity contribution is 0.0634. The predicted octanol–water partition coefficient (Wildman–Crippen LogP) is 3.32. The van der Waals surface area contributed by atoms with Crippen LogP contribution in [0.2, 0.25) is 5.02 Å². The van der Waals surface area contributed by atoms with E-state index in [1.54, 1.807) is 10.9 Å². The van der Waals surface area contributed by atoms with E-state index in [1.807, 2.05) is 61.3 Å². The fourth-order valence-corrected chi connectivity index (χ4v) is 3.72. The van der Waals surface area contributed by atoms with E-state index in [1.165, 1.54) is 0 Å². The van der Waals surface area contributed by atoms with Crippen molar-refractivity contribution in [2.75, 3.05) is 19.6 Å². The average molecular weight is 396 g/mol. The highest BCUT2D eigenvalue weighted by molar-refractivity contribution is 6.31. The summed E-state index contributed by atoms with van der Waals surface area (Å²) in [6.45, 7) is 5.98. The van der Waals surface area contributed by atoms with Crippen LogP contribution in [0.25, 0.3) is 5.69 Å². The predicted molar refractivity (Wildman–Crippen MR) is 109 cm³/mol. The Balaban J connectivity index is 1.59. The fraction of sp³-hybridized carbons (Fsp3) is 0.286. The second-order valence-corrected chi connectivity index (χ2v) is 7.33. The molecule has 1 unspecified atom stereocenters. The molecule has 0 saturated carbocycles. The Bertz CT molecular complexity index is 984. The first kappa shape index (κ1) is 18.7. The van der Waals surface area contributed by atoms with Crippen molar-refractivity contribution < 1.29 is 4.79 Å². The van der Waals surface area contributed by atoms with Gasteiger partial charge in [0.15, 0.2) is 0 Å². The maximum absolute atomic E-state index is 13.2. The number of pyridine rings is 1. The molecule has 7 heteroatoms. The Kier molecular flexibility index (Phi) is 5.15. The van der Waals surface area contributed by atoms with Crippen LogP contribution < -0.4 is 5.32 Å². The quantitative estimate of drug-likeness (QED) is 0.738. The number of amides is 1. The zero-order valence-corrected chi connectivity index (χ0v) is 16.6. The lowest BCUT2D eigenvalue weighted by atomic mass is 10.0. The zero-order valence-electron chi connectivity index (χ0n) is 15.9. The highest BCUT2D eigenvalue weighted by Gasteiger charge is 2.28. The van der Waals surface area contributed by atoms with Gasteiger partial charge in [-0.05, 0) is 49.7 Å². The van der Waals surface area contributed by atoms with Gasteiger partial charge in [-0.2, -0.15) is 5.10 Å². The Morgan fingerprint density at radius 1 is 1.21 bits per heavy atom. The second kappa shape index (κ2) is 7.73. The van der Waals surface area contributed by atoms with Crippen molar-refractivity contribution in [2.45, 2.75) is 19.9 Å². The third kappa shape index (κ3) is 3.41. The summed E-state index contributed by atoms with van der Waals surface area (Å²) >= 11 is 6.25. The molecule has 0 bridgehead atoms. The van der Waals surface area contributed by atoms with E-state index < -0.39 is 0 Å². The van der Waals surface area contributed by atoms with Gasteiger partial charge in [0, 0.05) is 37.6 Å². The molecule has 0 aliphatic carbocycles. The largest absolute Gasteiger partial charge is 0.329 e. The van der Waals surface area contributed by atoms with Crippen LogP contribution in [-0.2, 0) is 0 Å². The van der Waals surface area contributed by atoms with Gasteiger partial charge >= 0.3 is 0 Å². The summed E-state index contributed by atoms with van der Waals surface area (Å²) in [4.78, 5) is 19.3. The van der Waals surface area contributed by atoms with Crippen LogP contribution in [0, 0.1) is 13.8 Å². The van der Waals surface area contributed by atoms with Crippen molar-refractivity contribution in [2.24, 2.45) is 0 Å². The van der Waals surface area contributed by atoms with E-state index in [9.17, 15) is 4.79 Å². The molecule has 1 saturated heterocycles. The molecule has 1 N–H and O–H groups in total. The molecule has 2 aromatic heterocycles. The first-order chi connectivity index (χ1) is 13.6. The molecular weight excluding hydrogens is 374 g/mol. The fourth-order valence-electron chi connectivity index (χ4n) is 3.60. The van der Waals surface area contributed by atoms with Gasteiger partial charge in [0.25, 0.3) is 5.91 Å². The number of hydrogen-bond donors (Lipinski definition) is 1. The molecule has 0 spiro atoms. The molecule has 4 rings (SSSR count). The Morgan fingerprint density at radius 2 is 2.00 bits per heavy atom. The normalized spacial score (nSPS) is 17.0. The van der Waals surface area contributed by atoms with Crippen molar-refractivity contribution in [3.63, 3.8) is 0 Å². The monoisotopic (exact) mass is 395 g/mol. The highest BCUT2D eigenvalue weighted by atomic mass is 35.5. The van der Waals surface area contributed by atoms with Crippen LogP contribution in [0.3, 0.4) is 0 Å². The molecule has 1 aromatic carbocycles. The van der Waals surface area contributed by atoms with Crippen LogP contribution in [0.5, 0.6) is 0 Å². The van der Waals surface area contributed by atoms with Crippen molar-refractivity contribution in [3.05, 3.63) is 76.3 Å². The summed E-state index contributed by atoms with van der Waals surface area (Å²) in [5.41, 5.74) is 4.26. The van der Waals surface area contributed by atoms with Gasteiger partial charge in [-0.1, -0.05) is 17.7 Å². The van der Waals surface area contributed by atoms with Gasteiger partial charge < -0.3 is 10.2 Å². The average Bonchev–Trinajstić information content (AvgIpc) is 3.01. The van der Waals surface area contributed by atoms with Crippen molar-refractivity contribution in [1.82, 2.24) is 25.0 Å². The lowest BCUT2D eigenvalue weighted by Crippen LogP contribution is -2.48. The second-order valence-electron chi connectivity index (χ2n) is 6.95. The molecular formula is C21H22ClN5O. The summed E-state index contributed by atoms with van der Waals surface area (Å²) in [6, 6.07) is 11.4. The molecule has 1 aliphatic heterocycles. The first-order valence-corrected chi connectivity index (χ1v) is 9.68. The van der Waals surface area contributed by atoms with Gasteiger partial charge in [-0.25, -0.2) is 4.68 Å². The van der Waals surface area contributed by atoms with Gasteiger partial charge in [0.2, 0.25) is 0 Å². The minimum absolute atomic E-state index is 0.0216. The summed E-state index contributed by atoms with van der Waals surface area (Å²) in [5.74, 6) is 0.0216. The number of nitrogens with zero attached hydrogens (tertiary/aromatic N) is 4. The number of carbonyl (C=O) groups is 1. The smallest absolute Gasteiger partial charge is 0.254 e. The van der Waals surface area contributed by atoms with Gasteiger partial charge in [-0.3, -0.25) is 9.78 Å². The van der Waals surface area contributed by atoms with E-state index in [2.05, 4.69) is 15.4 Å². The van der Waals surface area contributed by atoms with E-state index >= 15 is 0 Å². The van der Waals surface area contributed by atoms with Crippen LogP contribution in [0.4, 0.5) is 0 Å². The van der Waals surface area contributed by atoms with E-state index in [4.69, 9.17) is 11.6 Å². The van der Waals surface area contributed by atoms with E-state index in [0.717, 1.165) is 35.7 Å². The van der Waals surface area contributed by atoms with Crippen molar-refractivity contribution in [1.29, 1.82) is 0 Å². The molecule has 144 valence electrons. The minimum atomic E-state index is -0.0237. The molecule has 3 aromatic rings. The standard InChI is InChI=1S/C21H22ClN5O/c1-14-20(22)15(2)27(25-14)18-7-5-16(6-8-18)21(28)26-11-10-24-13-19(26)17-4-3-9-23-12-17/h3-9,12,19,24H,10-11,13H2,1-2H3. The van der Waals surface area contributed by atoms with E-state index in [-0.39, 0.29) is 11.9 Å². The van der Waals surface area contributed by atoms with Gasteiger partial charge in [0.05, 0.1) is 28.1 Å². The Labute approximate surface area is 169 Å². The number of nitrogens with one attached hydrogen (secondary N) is 1. The Hall–Kier alpha value is -2.70. The number of rotatable bonds is 3. The number of hydrogen-bond acceptors (Lipinski definition) is 4. The number of piperazine rings is 1. The van der Waals surface area contributed by atoms with Crippen LogP contribution >= 0.6 is 11.6 Å². The third-order valence-corrected chi connectivity index (χ3v) is 5.68. The Morgan fingerprint density at radius 3 is 2.64 bits per heavy atom. The topological polar surface area (TPSA) is 63.1 Å². The molecule has 6 nitrogen and oxygen atoms in total. The van der Waals surface area contributed by atoms with Gasteiger partial charge in [0.1, 0.15) is 0 Å². The third-order valence-electron chi connectivity index (χ3n) is 5.14. The number of aromatic nitrogens is 3. The van der Waals surface area contributed by atoms with Crippen LogP contribution in [0.15, 0.2) is 48.8 Å². The van der Waals surface area contributed by atoms with Crippen LogP contribution in [0.1, 0.15) is 33.4 Å². The SMILES string of the molecule is Cc1nn(-c2ccc(C(=O)N3CCNCC3c3cccnc3)cc2)c(C)c1Cl. The highest BCUT2D eigenvalue weighted by Crippen LogP contribution is 2.25. The number of benzene rings is 1. The van der Waals surface area contributed by atoms with Crippen molar-refractivity contribution >= 4 is 17.5 Å². The minimum Gasteiger partial charge on any atom is -0.329 e. The number of aryl methyl sites for hydroxylation is 1. The number of halogens is 1. The zero-order chi connectivity index (χ0) is 19.7. The summed E-state index contributed by atoms with van der Waals surface area (Å²) in [7, 11) is 0. The molecule has 1 amide bonds. The molecule has 1 fully saturated rings.